The first-order valence-electron chi connectivity index (χ1n) is 5.52. The molecule has 0 amide bonds. The zero-order chi connectivity index (χ0) is 13.8. The van der Waals surface area contributed by atoms with Crippen molar-refractivity contribution in [1.82, 2.24) is 9.78 Å². The predicted molar refractivity (Wildman–Crippen MR) is 65.8 cm³/mol. The molecule has 0 aliphatic carbocycles. The van der Waals surface area contributed by atoms with Crippen molar-refractivity contribution in [2.75, 3.05) is 0 Å². The Morgan fingerprint density at radius 3 is 2.42 bits per heavy atom. The van der Waals surface area contributed by atoms with Crippen molar-refractivity contribution in [2.45, 2.75) is 13.0 Å². The van der Waals surface area contributed by atoms with Crippen LogP contribution in [-0.4, -0.2) is 25.8 Å². The van der Waals surface area contributed by atoms with Crippen LogP contribution in [0.4, 0.5) is 5.82 Å². The molecule has 1 heterocycles. The number of hydrogen-bond donors (Lipinski definition) is 1. The largest absolute Gasteiger partial charge is 0.481 e. The summed E-state index contributed by atoms with van der Waals surface area (Å²) in [4.78, 5) is 20.5. The van der Waals surface area contributed by atoms with Gasteiger partial charge in [-0.15, -0.1) is 0 Å². The van der Waals surface area contributed by atoms with Crippen molar-refractivity contribution in [1.29, 1.82) is 0 Å². The van der Waals surface area contributed by atoms with E-state index >= 15 is 0 Å². The lowest BCUT2D eigenvalue weighted by Gasteiger charge is -2.01. The first kappa shape index (κ1) is 12.7. The molecular weight excluding hydrogens is 250 g/mol. The molecule has 7 nitrogen and oxygen atoms in total. The Balaban J connectivity index is 2.06. The van der Waals surface area contributed by atoms with Gasteiger partial charge in [-0.3, -0.25) is 4.79 Å². The van der Waals surface area contributed by atoms with Gasteiger partial charge in [0.05, 0.1) is 30.3 Å². The van der Waals surface area contributed by atoms with Crippen LogP contribution < -0.4 is 0 Å². The van der Waals surface area contributed by atoms with Crippen LogP contribution in [0.1, 0.15) is 11.1 Å². The van der Waals surface area contributed by atoms with Gasteiger partial charge in [-0.05, 0) is 16.1 Å². The van der Waals surface area contributed by atoms with Crippen LogP contribution in [-0.2, 0) is 17.8 Å². The van der Waals surface area contributed by atoms with Gasteiger partial charge < -0.3 is 15.2 Å². The van der Waals surface area contributed by atoms with Gasteiger partial charge in [0, 0.05) is 0 Å². The van der Waals surface area contributed by atoms with E-state index < -0.39 is 10.9 Å². The van der Waals surface area contributed by atoms with Crippen LogP contribution in [0.5, 0.6) is 0 Å². The van der Waals surface area contributed by atoms with Crippen LogP contribution in [0.2, 0.25) is 0 Å². The minimum absolute atomic E-state index is 0.0203. The van der Waals surface area contributed by atoms with Crippen LogP contribution in [0.25, 0.3) is 0 Å². The Morgan fingerprint density at radius 1 is 1.26 bits per heavy atom. The summed E-state index contributed by atoms with van der Waals surface area (Å²) in [5.74, 6) is -1.07. The fourth-order valence-corrected chi connectivity index (χ4v) is 1.66. The summed E-state index contributed by atoms with van der Waals surface area (Å²) in [6.45, 7) is 0.404. The van der Waals surface area contributed by atoms with E-state index in [0.717, 1.165) is 5.56 Å². The molecule has 0 saturated heterocycles. The summed E-state index contributed by atoms with van der Waals surface area (Å²) in [5, 5.41) is 22.9. The molecule has 0 aliphatic heterocycles. The second-order valence-corrected chi connectivity index (χ2v) is 4.02. The molecule has 0 bridgehead atoms. The molecule has 98 valence electrons. The molecule has 2 aromatic rings. The highest BCUT2D eigenvalue weighted by Gasteiger charge is 2.10. The van der Waals surface area contributed by atoms with Crippen LogP contribution in [0.3, 0.4) is 0 Å². The maximum atomic E-state index is 10.5. The second-order valence-electron chi connectivity index (χ2n) is 4.02. The minimum Gasteiger partial charge on any atom is -0.481 e. The van der Waals surface area contributed by atoms with Gasteiger partial charge in [0.2, 0.25) is 0 Å². The number of nitrogens with zero attached hydrogens (tertiary/aromatic N) is 3. The number of rotatable bonds is 5. The van der Waals surface area contributed by atoms with Crippen molar-refractivity contribution in [3.63, 3.8) is 0 Å². The quantitative estimate of drug-likeness (QED) is 0.649. The molecule has 0 fully saturated rings. The van der Waals surface area contributed by atoms with Crippen LogP contribution in [0, 0.1) is 10.1 Å². The highest BCUT2D eigenvalue weighted by atomic mass is 16.6. The first-order chi connectivity index (χ1) is 9.04. The van der Waals surface area contributed by atoms with E-state index in [1.165, 1.54) is 16.9 Å². The van der Waals surface area contributed by atoms with E-state index in [-0.39, 0.29) is 12.2 Å². The molecular formula is C12H11N3O4. The van der Waals surface area contributed by atoms with E-state index in [1.807, 2.05) is 0 Å². The number of carbonyl (C=O) groups is 1. The normalized spacial score (nSPS) is 10.3. The number of carboxylic acid groups (broad SMARTS) is 1. The average molecular weight is 261 g/mol. The Hall–Kier alpha value is -2.70. The lowest BCUT2D eigenvalue weighted by Crippen LogP contribution is -2.03. The number of aromatic nitrogens is 2. The molecule has 1 N–H and O–H groups in total. The number of aliphatic carboxylic acids is 1. The topological polar surface area (TPSA) is 98.3 Å². The number of hydrogen-bond acceptors (Lipinski definition) is 4. The Kier molecular flexibility index (Phi) is 3.56. The van der Waals surface area contributed by atoms with Gasteiger partial charge in [0.1, 0.15) is 0 Å². The number of benzene rings is 1. The fourth-order valence-electron chi connectivity index (χ4n) is 1.66. The van der Waals surface area contributed by atoms with Crippen molar-refractivity contribution in [3.8, 4) is 0 Å². The standard InChI is InChI=1S/C12H11N3O4/c16-12(17)7-9-1-3-10(4-2-9)8-14-6-5-11(13-14)15(18)19/h1-6H,7-8H2,(H,16,17). The fraction of sp³-hybridized carbons (Fsp3) is 0.167. The lowest BCUT2D eigenvalue weighted by atomic mass is 10.1. The van der Waals surface area contributed by atoms with Gasteiger partial charge in [-0.2, -0.15) is 4.68 Å². The van der Waals surface area contributed by atoms with Gasteiger partial charge in [0.15, 0.2) is 0 Å². The van der Waals surface area contributed by atoms with Crippen molar-refractivity contribution >= 4 is 11.8 Å². The molecule has 0 atom stereocenters. The molecule has 2 rings (SSSR count). The molecule has 1 aromatic heterocycles. The maximum absolute atomic E-state index is 10.5. The zero-order valence-electron chi connectivity index (χ0n) is 9.89. The van der Waals surface area contributed by atoms with E-state index in [2.05, 4.69) is 5.10 Å². The third kappa shape index (κ3) is 3.38. The molecule has 0 aliphatic rings. The zero-order valence-corrected chi connectivity index (χ0v) is 9.89. The van der Waals surface area contributed by atoms with E-state index in [1.54, 1.807) is 24.3 Å². The van der Waals surface area contributed by atoms with Crippen molar-refractivity contribution < 1.29 is 14.8 Å². The monoisotopic (exact) mass is 261 g/mol. The molecule has 19 heavy (non-hydrogen) atoms. The molecule has 7 heteroatoms. The number of carboxylic acids is 1. The smallest absolute Gasteiger partial charge is 0.389 e. The summed E-state index contributed by atoms with van der Waals surface area (Å²) < 4.78 is 1.46. The minimum atomic E-state index is -0.879. The number of nitro groups is 1. The van der Waals surface area contributed by atoms with Crippen molar-refractivity contribution in [2.24, 2.45) is 0 Å². The Labute approximate surface area is 108 Å². The first-order valence-corrected chi connectivity index (χ1v) is 5.52. The SMILES string of the molecule is O=C(O)Cc1ccc(Cn2ccc([N+](=O)[O-])n2)cc1. The van der Waals surface area contributed by atoms with Gasteiger partial charge in [0.25, 0.3) is 0 Å². The second kappa shape index (κ2) is 5.30. The van der Waals surface area contributed by atoms with Gasteiger partial charge in [-0.1, -0.05) is 24.3 Å². The summed E-state index contributed by atoms with van der Waals surface area (Å²) in [5.41, 5.74) is 1.61. The maximum Gasteiger partial charge on any atom is 0.389 e. The Bertz CT molecular complexity index is 604. The Morgan fingerprint density at radius 2 is 1.89 bits per heavy atom. The summed E-state index contributed by atoms with van der Waals surface area (Å²) in [6.07, 6.45) is 1.51. The lowest BCUT2D eigenvalue weighted by molar-refractivity contribution is -0.389. The summed E-state index contributed by atoms with van der Waals surface area (Å²) >= 11 is 0. The summed E-state index contributed by atoms with van der Waals surface area (Å²) in [7, 11) is 0. The van der Waals surface area contributed by atoms with E-state index in [4.69, 9.17) is 5.11 Å². The molecule has 0 radical (unpaired) electrons. The molecule has 0 spiro atoms. The molecule has 0 saturated carbocycles. The third-order valence-corrected chi connectivity index (χ3v) is 2.54. The van der Waals surface area contributed by atoms with Crippen LogP contribution in [0.15, 0.2) is 36.5 Å². The summed E-state index contributed by atoms with van der Waals surface area (Å²) in [6, 6.07) is 8.35. The average Bonchev–Trinajstić information content (AvgIpc) is 2.80. The van der Waals surface area contributed by atoms with Crippen molar-refractivity contribution in [3.05, 3.63) is 57.8 Å². The molecule has 0 unspecified atom stereocenters. The molecule has 1 aromatic carbocycles. The van der Waals surface area contributed by atoms with Crippen LogP contribution >= 0.6 is 0 Å². The predicted octanol–water partition coefficient (Wildman–Crippen LogP) is 1.47. The van der Waals surface area contributed by atoms with Gasteiger partial charge >= 0.3 is 11.8 Å². The van der Waals surface area contributed by atoms with Gasteiger partial charge in [-0.25, -0.2) is 0 Å². The van der Waals surface area contributed by atoms with E-state index in [9.17, 15) is 14.9 Å². The highest BCUT2D eigenvalue weighted by Crippen LogP contribution is 2.10. The third-order valence-electron chi connectivity index (χ3n) is 2.54. The highest BCUT2D eigenvalue weighted by molar-refractivity contribution is 5.70. The van der Waals surface area contributed by atoms with E-state index in [0.29, 0.717) is 12.1 Å².